The van der Waals surface area contributed by atoms with E-state index in [2.05, 4.69) is 59.4 Å². The molecule has 1 N–H and O–H groups in total. The molecule has 1 saturated carbocycles. The van der Waals surface area contributed by atoms with Crippen molar-refractivity contribution < 1.29 is 4.74 Å². The van der Waals surface area contributed by atoms with E-state index >= 15 is 0 Å². The Hall–Kier alpha value is -0.380. The minimum Gasteiger partial charge on any atom is -0.369 e. The van der Waals surface area contributed by atoms with Crippen LogP contribution in [-0.2, 0) is 11.3 Å². The lowest BCUT2D eigenvalue weighted by atomic mass is 9.79. The van der Waals surface area contributed by atoms with E-state index in [-0.39, 0.29) is 5.60 Å². The SMILES string of the molecule is CCCNCC1(OCc2ccccc2Br)CCC(C)CC1. The molecule has 0 radical (unpaired) electrons. The van der Waals surface area contributed by atoms with Crippen LogP contribution in [0.3, 0.4) is 0 Å². The quantitative estimate of drug-likeness (QED) is 0.702. The van der Waals surface area contributed by atoms with Gasteiger partial charge in [-0.2, -0.15) is 0 Å². The second-order valence-electron chi connectivity index (χ2n) is 6.42. The van der Waals surface area contributed by atoms with Crippen molar-refractivity contribution in [1.29, 1.82) is 0 Å². The summed E-state index contributed by atoms with van der Waals surface area (Å²) in [4.78, 5) is 0. The molecule has 0 aromatic heterocycles. The molecule has 21 heavy (non-hydrogen) atoms. The highest BCUT2D eigenvalue weighted by molar-refractivity contribution is 9.10. The van der Waals surface area contributed by atoms with Crippen molar-refractivity contribution in [2.24, 2.45) is 5.92 Å². The summed E-state index contributed by atoms with van der Waals surface area (Å²) in [5.74, 6) is 0.844. The lowest BCUT2D eigenvalue weighted by molar-refractivity contribution is -0.0850. The molecule has 0 amide bonds. The highest BCUT2D eigenvalue weighted by Crippen LogP contribution is 2.35. The van der Waals surface area contributed by atoms with Gasteiger partial charge in [0.05, 0.1) is 12.2 Å². The van der Waals surface area contributed by atoms with Crippen LogP contribution >= 0.6 is 15.9 Å². The summed E-state index contributed by atoms with van der Waals surface area (Å²) in [5, 5.41) is 3.57. The molecular formula is C18H28BrNO. The fourth-order valence-electron chi connectivity index (χ4n) is 3.00. The molecule has 1 fully saturated rings. The fraction of sp³-hybridized carbons (Fsp3) is 0.667. The van der Waals surface area contributed by atoms with Gasteiger partial charge < -0.3 is 10.1 Å². The molecule has 1 aromatic rings. The number of hydrogen-bond acceptors (Lipinski definition) is 2. The van der Waals surface area contributed by atoms with E-state index in [4.69, 9.17) is 4.74 Å². The topological polar surface area (TPSA) is 21.3 Å². The first-order valence-corrected chi connectivity index (χ1v) is 9.02. The van der Waals surface area contributed by atoms with Crippen LogP contribution in [-0.4, -0.2) is 18.7 Å². The third-order valence-electron chi connectivity index (χ3n) is 4.55. The van der Waals surface area contributed by atoms with Gasteiger partial charge in [-0.05, 0) is 56.2 Å². The van der Waals surface area contributed by atoms with Crippen LogP contribution in [0.2, 0.25) is 0 Å². The Kier molecular flexibility index (Phi) is 6.72. The number of rotatable bonds is 7. The third-order valence-corrected chi connectivity index (χ3v) is 5.32. The van der Waals surface area contributed by atoms with Gasteiger partial charge in [0.2, 0.25) is 0 Å². The molecular weight excluding hydrogens is 326 g/mol. The van der Waals surface area contributed by atoms with Gasteiger partial charge >= 0.3 is 0 Å². The zero-order valence-corrected chi connectivity index (χ0v) is 14.9. The first-order chi connectivity index (χ1) is 10.2. The van der Waals surface area contributed by atoms with Crippen LogP contribution < -0.4 is 5.32 Å². The van der Waals surface area contributed by atoms with Crippen LogP contribution in [0.4, 0.5) is 0 Å². The molecule has 0 unspecified atom stereocenters. The van der Waals surface area contributed by atoms with Gasteiger partial charge in [0.1, 0.15) is 0 Å². The van der Waals surface area contributed by atoms with Crippen molar-refractivity contribution in [3.8, 4) is 0 Å². The van der Waals surface area contributed by atoms with Gasteiger partial charge in [-0.15, -0.1) is 0 Å². The van der Waals surface area contributed by atoms with Gasteiger partial charge in [0.15, 0.2) is 0 Å². The first kappa shape index (κ1) is 17.0. The lowest BCUT2D eigenvalue weighted by Crippen LogP contribution is -2.45. The average molecular weight is 354 g/mol. The zero-order chi connectivity index (χ0) is 15.1. The number of ether oxygens (including phenoxy) is 1. The Morgan fingerprint density at radius 3 is 2.67 bits per heavy atom. The van der Waals surface area contributed by atoms with Crippen molar-refractivity contribution in [2.75, 3.05) is 13.1 Å². The number of nitrogens with one attached hydrogen (secondary N) is 1. The van der Waals surface area contributed by atoms with E-state index in [1.807, 2.05) is 0 Å². The Morgan fingerprint density at radius 1 is 1.29 bits per heavy atom. The standard InChI is InChI=1S/C18H28BrNO/c1-3-12-20-14-18(10-8-15(2)9-11-18)21-13-16-6-4-5-7-17(16)19/h4-7,15,20H,3,8-14H2,1-2H3. The Morgan fingerprint density at radius 2 is 2.00 bits per heavy atom. The van der Waals surface area contributed by atoms with E-state index in [1.165, 1.54) is 37.7 Å². The smallest absolute Gasteiger partial charge is 0.0811 e. The largest absolute Gasteiger partial charge is 0.369 e. The molecule has 0 aliphatic heterocycles. The van der Waals surface area contributed by atoms with E-state index in [0.717, 1.165) is 23.5 Å². The molecule has 1 aromatic carbocycles. The van der Waals surface area contributed by atoms with E-state index in [0.29, 0.717) is 6.61 Å². The molecule has 2 nitrogen and oxygen atoms in total. The van der Waals surface area contributed by atoms with Crippen LogP contribution in [0.1, 0.15) is 51.5 Å². The normalized spacial score (nSPS) is 26.0. The van der Waals surface area contributed by atoms with E-state index in [1.54, 1.807) is 0 Å². The monoisotopic (exact) mass is 353 g/mol. The van der Waals surface area contributed by atoms with Gasteiger partial charge in [-0.1, -0.05) is 48.0 Å². The van der Waals surface area contributed by atoms with Crippen molar-refractivity contribution in [1.82, 2.24) is 5.32 Å². The Labute approximate surface area is 137 Å². The predicted octanol–water partition coefficient (Wildman–Crippen LogP) is 4.91. The van der Waals surface area contributed by atoms with Gasteiger partial charge in [0, 0.05) is 11.0 Å². The lowest BCUT2D eigenvalue weighted by Gasteiger charge is -2.39. The summed E-state index contributed by atoms with van der Waals surface area (Å²) < 4.78 is 7.58. The maximum atomic E-state index is 6.44. The van der Waals surface area contributed by atoms with E-state index < -0.39 is 0 Å². The maximum absolute atomic E-state index is 6.44. The van der Waals surface area contributed by atoms with Gasteiger partial charge in [0.25, 0.3) is 0 Å². The summed E-state index contributed by atoms with van der Waals surface area (Å²) in [7, 11) is 0. The molecule has 118 valence electrons. The molecule has 0 saturated heterocycles. The van der Waals surface area contributed by atoms with Crippen LogP contribution in [0.15, 0.2) is 28.7 Å². The van der Waals surface area contributed by atoms with Crippen LogP contribution in [0, 0.1) is 5.92 Å². The average Bonchev–Trinajstić information content (AvgIpc) is 2.50. The molecule has 0 heterocycles. The zero-order valence-electron chi connectivity index (χ0n) is 13.3. The molecule has 0 spiro atoms. The molecule has 3 heteroatoms. The minimum absolute atomic E-state index is 0.0248. The minimum atomic E-state index is 0.0248. The number of benzene rings is 1. The predicted molar refractivity (Wildman–Crippen MR) is 92.5 cm³/mol. The summed E-state index contributed by atoms with van der Waals surface area (Å²) in [5.41, 5.74) is 1.27. The molecule has 1 aliphatic carbocycles. The Bertz CT molecular complexity index is 427. The summed E-state index contributed by atoms with van der Waals surface area (Å²) >= 11 is 3.62. The van der Waals surface area contributed by atoms with Gasteiger partial charge in [-0.3, -0.25) is 0 Å². The summed E-state index contributed by atoms with van der Waals surface area (Å²) in [6.07, 6.45) is 6.09. The first-order valence-electron chi connectivity index (χ1n) is 8.23. The molecule has 1 aliphatic rings. The highest BCUT2D eigenvalue weighted by atomic mass is 79.9. The fourth-order valence-corrected chi connectivity index (χ4v) is 3.40. The van der Waals surface area contributed by atoms with Crippen molar-refractivity contribution in [3.05, 3.63) is 34.3 Å². The third kappa shape index (κ3) is 5.08. The van der Waals surface area contributed by atoms with E-state index in [9.17, 15) is 0 Å². The van der Waals surface area contributed by atoms with Crippen LogP contribution in [0.25, 0.3) is 0 Å². The Balaban J connectivity index is 1.97. The number of halogens is 1. The second-order valence-corrected chi connectivity index (χ2v) is 7.28. The summed E-state index contributed by atoms with van der Waals surface area (Å²) in [6, 6.07) is 8.36. The van der Waals surface area contributed by atoms with Crippen molar-refractivity contribution in [2.45, 2.75) is 58.2 Å². The highest BCUT2D eigenvalue weighted by Gasteiger charge is 2.34. The van der Waals surface area contributed by atoms with Gasteiger partial charge in [-0.25, -0.2) is 0 Å². The molecule has 0 atom stereocenters. The van der Waals surface area contributed by atoms with Crippen molar-refractivity contribution >= 4 is 15.9 Å². The van der Waals surface area contributed by atoms with Crippen LogP contribution in [0.5, 0.6) is 0 Å². The molecule has 0 bridgehead atoms. The van der Waals surface area contributed by atoms with Crippen molar-refractivity contribution in [3.63, 3.8) is 0 Å². The maximum Gasteiger partial charge on any atom is 0.0811 e. The number of hydrogen-bond donors (Lipinski definition) is 1. The summed E-state index contributed by atoms with van der Waals surface area (Å²) in [6.45, 7) is 7.33. The molecule has 2 rings (SSSR count). The second kappa shape index (κ2) is 8.30.